The van der Waals surface area contributed by atoms with Crippen LogP contribution in [0.25, 0.3) is 16.6 Å². The average Bonchev–Trinajstić information content (AvgIpc) is 3.45. The van der Waals surface area contributed by atoms with Gasteiger partial charge in [-0.2, -0.15) is 0 Å². The molecule has 9 heteroatoms. The van der Waals surface area contributed by atoms with Crippen LogP contribution >= 0.6 is 0 Å². The number of nitrogens with zero attached hydrogens (tertiary/aromatic N) is 5. The predicted molar refractivity (Wildman–Crippen MR) is 119 cm³/mol. The van der Waals surface area contributed by atoms with Gasteiger partial charge in [0.1, 0.15) is 0 Å². The number of anilines is 1. The van der Waals surface area contributed by atoms with E-state index in [1.807, 2.05) is 19.2 Å². The molecule has 2 atom stereocenters. The monoisotopic (exact) mass is 440 g/mol. The van der Waals surface area contributed by atoms with Crippen molar-refractivity contribution in [1.82, 2.24) is 19.6 Å². The van der Waals surface area contributed by atoms with E-state index in [2.05, 4.69) is 31.4 Å². The normalized spacial score (nSPS) is 20.6. The van der Waals surface area contributed by atoms with Crippen molar-refractivity contribution >= 4 is 23.0 Å². The van der Waals surface area contributed by atoms with Gasteiger partial charge in [-0.25, -0.2) is 28.3 Å². The summed E-state index contributed by atoms with van der Waals surface area (Å²) in [4.78, 5) is 13.6. The standard InChI is InChI=1S/C23H26F2N6O/c1-14-15(4-5-21(24)25)9-16-10-17(11-26-22(16)29-14)19-6-7-31-20(19)13-28-23(30-31)27-12-18-3-2-8-32-18/h6-7,10-11,13,15,18,21H,2-5,8-9,12H2,1H3,(H,27,30)/t15-,18?/m0/s1. The number of fused-ring (bicyclic) bond motifs is 2. The quantitative estimate of drug-likeness (QED) is 0.577. The molecule has 0 amide bonds. The lowest BCUT2D eigenvalue weighted by Crippen LogP contribution is -2.20. The number of ether oxygens (including phenoxy) is 1. The summed E-state index contributed by atoms with van der Waals surface area (Å²) >= 11 is 0. The molecule has 3 aromatic rings. The summed E-state index contributed by atoms with van der Waals surface area (Å²) in [5.41, 5.74) is 4.66. The lowest BCUT2D eigenvalue weighted by atomic mass is 9.88. The number of rotatable bonds is 7. The number of hydrogen-bond donors (Lipinski definition) is 1. The number of hydrogen-bond acceptors (Lipinski definition) is 6. The van der Waals surface area contributed by atoms with Gasteiger partial charge in [-0.15, -0.1) is 5.10 Å². The van der Waals surface area contributed by atoms with Crippen LogP contribution < -0.4 is 5.32 Å². The minimum absolute atomic E-state index is 0.0279. The lowest BCUT2D eigenvalue weighted by Gasteiger charge is -2.22. The molecule has 7 nitrogen and oxygen atoms in total. The molecule has 1 N–H and O–H groups in total. The van der Waals surface area contributed by atoms with Gasteiger partial charge < -0.3 is 10.1 Å². The van der Waals surface area contributed by atoms with Crippen molar-refractivity contribution in [3.8, 4) is 11.1 Å². The molecule has 168 valence electrons. The van der Waals surface area contributed by atoms with E-state index in [0.717, 1.165) is 47.4 Å². The van der Waals surface area contributed by atoms with Gasteiger partial charge in [0.05, 0.1) is 17.8 Å². The molecule has 0 spiro atoms. The molecule has 0 saturated carbocycles. The van der Waals surface area contributed by atoms with Crippen LogP contribution in [0.5, 0.6) is 0 Å². The van der Waals surface area contributed by atoms with E-state index in [-0.39, 0.29) is 18.4 Å². The summed E-state index contributed by atoms with van der Waals surface area (Å²) in [5, 5.41) is 7.81. The first-order valence-electron chi connectivity index (χ1n) is 11.1. The van der Waals surface area contributed by atoms with Gasteiger partial charge in [0.2, 0.25) is 12.4 Å². The summed E-state index contributed by atoms with van der Waals surface area (Å²) in [6.07, 6.45) is 6.58. The van der Waals surface area contributed by atoms with Crippen LogP contribution in [0, 0.1) is 5.92 Å². The van der Waals surface area contributed by atoms with Crippen molar-refractivity contribution in [1.29, 1.82) is 0 Å². The van der Waals surface area contributed by atoms with Gasteiger partial charge >= 0.3 is 0 Å². The predicted octanol–water partition coefficient (Wildman–Crippen LogP) is 4.69. The summed E-state index contributed by atoms with van der Waals surface area (Å²) in [7, 11) is 0. The maximum Gasteiger partial charge on any atom is 0.241 e. The Kier molecular flexibility index (Phi) is 5.82. The Morgan fingerprint density at radius 2 is 2.19 bits per heavy atom. The molecule has 5 rings (SSSR count). The van der Waals surface area contributed by atoms with Crippen molar-refractivity contribution in [2.24, 2.45) is 10.9 Å². The highest BCUT2D eigenvalue weighted by Crippen LogP contribution is 2.34. The van der Waals surface area contributed by atoms with Gasteiger partial charge in [-0.3, -0.25) is 0 Å². The van der Waals surface area contributed by atoms with Crippen LogP contribution in [-0.2, 0) is 11.2 Å². The van der Waals surface area contributed by atoms with Crippen molar-refractivity contribution in [3.05, 3.63) is 36.3 Å². The number of aliphatic imine (C=N–C) groups is 1. The van der Waals surface area contributed by atoms with Crippen molar-refractivity contribution in [2.75, 3.05) is 18.5 Å². The molecule has 1 fully saturated rings. The van der Waals surface area contributed by atoms with Crippen LogP contribution in [0.3, 0.4) is 0 Å². The summed E-state index contributed by atoms with van der Waals surface area (Å²) in [6, 6.07) is 4.05. The molecule has 32 heavy (non-hydrogen) atoms. The highest BCUT2D eigenvalue weighted by Gasteiger charge is 2.23. The van der Waals surface area contributed by atoms with Gasteiger partial charge in [-0.1, -0.05) is 0 Å². The molecule has 1 saturated heterocycles. The maximum absolute atomic E-state index is 12.7. The second-order valence-corrected chi connectivity index (χ2v) is 8.49. The molecule has 3 aromatic heterocycles. The molecule has 0 radical (unpaired) electrons. The zero-order chi connectivity index (χ0) is 22.1. The number of alkyl halides is 2. The van der Waals surface area contributed by atoms with Crippen LogP contribution in [0.2, 0.25) is 0 Å². The Labute approximate surface area is 184 Å². The van der Waals surface area contributed by atoms with Crippen LogP contribution in [-0.4, -0.2) is 51.0 Å². The van der Waals surface area contributed by atoms with Crippen LogP contribution in [0.15, 0.2) is 35.7 Å². The fraction of sp³-hybridized carbons (Fsp3) is 0.478. The zero-order valence-corrected chi connectivity index (χ0v) is 18.0. The first kappa shape index (κ1) is 20.9. The fourth-order valence-corrected chi connectivity index (χ4v) is 4.45. The number of nitrogens with one attached hydrogen (secondary N) is 1. The summed E-state index contributed by atoms with van der Waals surface area (Å²) < 4.78 is 32.8. The molecule has 5 heterocycles. The Hall–Kier alpha value is -2.94. The van der Waals surface area contributed by atoms with Gasteiger partial charge in [-0.05, 0) is 50.3 Å². The van der Waals surface area contributed by atoms with Gasteiger partial charge in [0.25, 0.3) is 0 Å². The number of pyridine rings is 1. The molecule has 2 aliphatic heterocycles. The highest BCUT2D eigenvalue weighted by molar-refractivity contribution is 5.89. The molecule has 0 bridgehead atoms. The third-order valence-electron chi connectivity index (χ3n) is 6.26. The van der Waals surface area contributed by atoms with E-state index in [9.17, 15) is 8.78 Å². The molecule has 0 aliphatic carbocycles. The fourth-order valence-electron chi connectivity index (χ4n) is 4.45. The third-order valence-corrected chi connectivity index (χ3v) is 6.26. The SMILES string of the molecule is CC1=Nc2ncc(-c3ccn4nc(NCC5CCCO5)ncc34)cc2C[C@@H]1CCC(F)F. The third kappa shape index (κ3) is 4.34. The van der Waals surface area contributed by atoms with E-state index in [1.54, 1.807) is 16.9 Å². The largest absolute Gasteiger partial charge is 0.376 e. The van der Waals surface area contributed by atoms with E-state index in [0.29, 0.717) is 31.2 Å². The van der Waals surface area contributed by atoms with Crippen molar-refractivity contribution in [3.63, 3.8) is 0 Å². The van der Waals surface area contributed by atoms with E-state index >= 15 is 0 Å². The minimum atomic E-state index is -2.29. The summed E-state index contributed by atoms with van der Waals surface area (Å²) in [5.74, 6) is 1.27. The van der Waals surface area contributed by atoms with Gasteiger partial charge in [0.15, 0.2) is 5.82 Å². The lowest BCUT2D eigenvalue weighted by molar-refractivity contribution is 0.120. The van der Waals surface area contributed by atoms with E-state index < -0.39 is 6.43 Å². The van der Waals surface area contributed by atoms with Crippen LogP contribution in [0.1, 0.15) is 38.2 Å². The summed E-state index contributed by atoms with van der Waals surface area (Å²) in [6.45, 7) is 3.42. The maximum atomic E-state index is 12.7. The minimum Gasteiger partial charge on any atom is -0.376 e. The highest BCUT2D eigenvalue weighted by atomic mass is 19.3. The topological polar surface area (TPSA) is 76.7 Å². The average molecular weight is 440 g/mol. The molecular weight excluding hydrogens is 414 g/mol. The molecule has 0 aromatic carbocycles. The Morgan fingerprint density at radius 1 is 1.28 bits per heavy atom. The van der Waals surface area contributed by atoms with E-state index in [1.165, 1.54) is 0 Å². The smallest absolute Gasteiger partial charge is 0.241 e. The van der Waals surface area contributed by atoms with Crippen molar-refractivity contribution < 1.29 is 13.5 Å². The second-order valence-electron chi connectivity index (χ2n) is 8.49. The Balaban J connectivity index is 1.36. The van der Waals surface area contributed by atoms with Crippen molar-refractivity contribution in [2.45, 2.75) is 51.6 Å². The molecule has 1 unspecified atom stereocenters. The molecule has 2 aliphatic rings. The Morgan fingerprint density at radius 3 is 3.00 bits per heavy atom. The van der Waals surface area contributed by atoms with E-state index in [4.69, 9.17) is 4.74 Å². The first-order chi connectivity index (χ1) is 15.6. The number of aromatic nitrogens is 4. The molecular formula is C23H26F2N6O. The zero-order valence-electron chi connectivity index (χ0n) is 18.0. The van der Waals surface area contributed by atoms with Crippen LogP contribution in [0.4, 0.5) is 20.5 Å². The Bertz CT molecular complexity index is 1140. The number of halogens is 2. The first-order valence-corrected chi connectivity index (χ1v) is 11.1. The second kappa shape index (κ2) is 8.90. The van der Waals surface area contributed by atoms with Gasteiger partial charge in [0, 0.05) is 54.7 Å².